The van der Waals surface area contributed by atoms with Crippen molar-refractivity contribution in [3.63, 3.8) is 0 Å². The van der Waals surface area contributed by atoms with Gasteiger partial charge in [0.15, 0.2) is 0 Å². The molecule has 0 unspecified atom stereocenters. The first-order valence-corrected chi connectivity index (χ1v) is 8.50. The number of carbonyl (C=O) groups is 1. The first-order chi connectivity index (χ1) is 11.0. The number of aryl methyl sites for hydroxylation is 1. The average Bonchev–Trinajstić information content (AvgIpc) is 2.54. The van der Waals surface area contributed by atoms with Crippen LogP contribution in [0.2, 0.25) is 0 Å². The number of anilines is 2. The Morgan fingerprint density at radius 1 is 1.09 bits per heavy atom. The molecule has 1 heterocycles. The van der Waals surface area contributed by atoms with Crippen LogP contribution in [0.5, 0.6) is 0 Å². The van der Waals surface area contributed by atoms with E-state index in [0.29, 0.717) is 24.3 Å². The zero-order valence-corrected chi connectivity index (χ0v) is 14.7. The molecule has 2 N–H and O–H groups in total. The predicted molar refractivity (Wildman–Crippen MR) is 97.8 cm³/mol. The molecule has 2 aromatic carbocycles. The van der Waals surface area contributed by atoms with Crippen molar-refractivity contribution in [3.05, 3.63) is 58.1 Å². The summed E-state index contributed by atoms with van der Waals surface area (Å²) in [5, 5.41) is 0. The van der Waals surface area contributed by atoms with Crippen LogP contribution in [0.4, 0.5) is 11.4 Å². The third kappa shape index (κ3) is 3.50. The lowest BCUT2D eigenvalue weighted by atomic mass is 10.1. The predicted octanol–water partition coefficient (Wildman–Crippen LogP) is 3.30. The smallest absolute Gasteiger partial charge is 0.256 e. The van der Waals surface area contributed by atoms with Crippen LogP contribution in [-0.4, -0.2) is 37.0 Å². The molecule has 0 saturated carbocycles. The van der Waals surface area contributed by atoms with Crippen LogP contribution in [0.25, 0.3) is 0 Å². The molecule has 3 rings (SSSR count). The van der Waals surface area contributed by atoms with Gasteiger partial charge in [0.1, 0.15) is 0 Å². The van der Waals surface area contributed by atoms with Gasteiger partial charge in [-0.05, 0) is 42.8 Å². The number of benzene rings is 2. The number of rotatable bonds is 2. The second-order valence-corrected chi connectivity index (χ2v) is 6.77. The molecule has 0 radical (unpaired) electrons. The summed E-state index contributed by atoms with van der Waals surface area (Å²) in [5.41, 5.74) is 9.55. The summed E-state index contributed by atoms with van der Waals surface area (Å²) in [6.45, 7) is 5.20. The zero-order valence-electron chi connectivity index (χ0n) is 13.1. The Morgan fingerprint density at radius 2 is 1.83 bits per heavy atom. The molecule has 4 nitrogen and oxygen atoms in total. The van der Waals surface area contributed by atoms with Gasteiger partial charge in [-0.2, -0.15) is 0 Å². The summed E-state index contributed by atoms with van der Waals surface area (Å²) in [6.07, 6.45) is 0. The zero-order chi connectivity index (χ0) is 16.4. The van der Waals surface area contributed by atoms with Crippen LogP contribution in [-0.2, 0) is 0 Å². The summed E-state index contributed by atoms with van der Waals surface area (Å²) in [4.78, 5) is 16.8. The summed E-state index contributed by atoms with van der Waals surface area (Å²) >= 11 is 3.37. The third-order valence-corrected chi connectivity index (χ3v) is 4.67. The average molecular weight is 374 g/mol. The van der Waals surface area contributed by atoms with E-state index in [2.05, 4.69) is 52.0 Å². The molecule has 1 aliphatic rings. The highest BCUT2D eigenvalue weighted by atomic mass is 79.9. The molecule has 1 amide bonds. The quantitative estimate of drug-likeness (QED) is 0.821. The number of piperazine rings is 1. The SMILES string of the molecule is Cc1cccc(N2CCN(C(=O)c3ccc(Br)cc3N)CC2)c1. The minimum Gasteiger partial charge on any atom is -0.398 e. The van der Waals surface area contributed by atoms with Crippen molar-refractivity contribution < 1.29 is 4.79 Å². The Morgan fingerprint density at radius 3 is 2.48 bits per heavy atom. The largest absolute Gasteiger partial charge is 0.398 e. The van der Waals surface area contributed by atoms with Crippen molar-refractivity contribution in [1.82, 2.24) is 4.90 Å². The molecule has 2 aromatic rings. The van der Waals surface area contributed by atoms with Crippen LogP contribution < -0.4 is 10.6 Å². The fraction of sp³-hybridized carbons (Fsp3) is 0.278. The highest BCUT2D eigenvalue weighted by molar-refractivity contribution is 9.10. The number of nitrogens with two attached hydrogens (primary N) is 1. The minimum atomic E-state index is 0.0129. The van der Waals surface area contributed by atoms with Crippen LogP contribution >= 0.6 is 15.9 Å². The fourth-order valence-electron chi connectivity index (χ4n) is 2.89. The molecule has 1 aliphatic heterocycles. The normalized spacial score (nSPS) is 14.9. The standard InChI is InChI=1S/C18H20BrN3O/c1-13-3-2-4-15(11-13)21-7-9-22(10-8-21)18(23)16-6-5-14(19)12-17(16)20/h2-6,11-12H,7-10,20H2,1H3. The number of halogens is 1. The van der Waals surface area contributed by atoms with E-state index < -0.39 is 0 Å². The van der Waals surface area contributed by atoms with Crippen molar-refractivity contribution in [3.8, 4) is 0 Å². The van der Waals surface area contributed by atoms with Gasteiger partial charge in [-0.25, -0.2) is 0 Å². The highest BCUT2D eigenvalue weighted by Gasteiger charge is 2.23. The number of carbonyl (C=O) groups excluding carboxylic acids is 1. The van der Waals surface area contributed by atoms with E-state index in [1.165, 1.54) is 11.3 Å². The topological polar surface area (TPSA) is 49.6 Å². The maximum atomic E-state index is 12.6. The Hall–Kier alpha value is -2.01. The van der Waals surface area contributed by atoms with E-state index in [0.717, 1.165) is 17.6 Å². The molecule has 0 spiro atoms. The monoisotopic (exact) mass is 373 g/mol. The Kier molecular flexibility index (Phi) is 4.57. The van der Waals surface area contributed by atoms with E-state index in [-0.39, 0.29) is 5.91 Å². The van der Waals surface area contributed by atoms with Crippen molar-refractivity contribution in [2.75, 3.05) is 36.8 Å². The van der Waals surface area contributed by atoms with Crippen LogP contribution in [0.15, 0.2) is 46.9 Å². The maximum absolute atomic E-state index is 12.6. The molecule has 1 saturated heterocycles. The first-order valence-electron chi connectivity index (χ1n) is 7.70. The van der Waals surface area contributed by atoms with Crippen molar-refractivity contribution in [1.29, 1.82) is 0 Å². The molecule has 0 atom stereocenters. The van der Waals surface area contributed by atoms with E-state index >= 15 is 0 Å². The lowest BCUT2D eigenvalue weighted by molar-refractivity contribution is 0.0748. The molecular weight excluding hydrogens is 354 g/mol. The summed E-state index contributed by atoms with van der Waals surface area (Å²) < 4.78 is 0.885. The van der Waals surface area contributed by atoms with Gasteiger partial charge in [-0.1, -0.05) is 28.1 Å². The van der Waals surface area contributed by atoms with Crippen molar-refractivity contribution in [2.45, 2.75) is 6.92 Å². The number of hydrogen-bond donors (Lipinski definition) is 1. The summed E-state index contributed by atoms with van der Waals surface area (Å²) in [5.74, 6) is 0.0129. The first kappa shape index (κ1) is 15.9. The van der Waals surface area contributed by atoms with E-state index in [1.807, 2.05) is 11.0 Å². The third-order valence-electron chi connectivity index (χ3n) is 4.18. The Balaban J connectivity index is 1.68. The van der Waals surface area contributed by atoms with Crippen LogP contribution in [0, 0.1) is 6.92 Å². The van der Waals surface area contributed by atoms with Crippen molar-refractivity contribution >= 4 is 33.2 Å². The molecule has 23 heavy (non-hydrogen) atoms. The van der Waals surface area contributed by atoms with E-state index in [9.17, 15) is 4.79 Å². The maximum Gasteiger partial charge on any atom is 0.256 e. The lowest BCUT2D eigenvalue weighted by Gasteiger charge is -2.36. The summed E-state index contributed by atoms with van der Waals surface area (Å²) in [6, 6.07) is 13.9. The Bertz CT molecular complexity index is 724. The number of nitrogens with zero attached hydrogens (tertiary/aromatic N) is 2. The van der Waals surface area contributed by atoms with Crippen LogP contribution in [0.1, 0.15) is 15.9 Å². The van der Waals surface area contributed by atoms with Gasteiger partial charge in [0.2, 0.25) is 0 Å². The molecule has 5 heteroatoms. The number of nitrogen functional groups attached to an aromatic ring is 1. The number of hydrogen-bond acceptors (Lipinski definition) is 3. The van der Waals surface area contributed by atoms with Gasteiger partial charge in [-0.15, -0.1) is 0 Å². The van der Waals surface area contributed by atoms with Gasteiger partial charge in [-0.3, -0.25) is 4.79 Å². The van der Waals surface area contributed by atoms with E-state index in [1.54, 1.807) is 12.1 Å². The minimum absolute atomic E-state index is 0.0129. The molecule has 120 valence electrons. The van der Waals surface area contributed by atoms with Gasteiger partial charge >= 0.3 is 0 Å². The molecular formula is C18H20BrN3O. The van der Waals surface area contributed by atoms with E-state index in [4.69, 9.17) is 5.73 Å². The molecule has 0 aliphatic carbocycles. The molecule has 0 bridgehead atoms. The molecule has 0 aromatic heterocycles. The highest BCUT2D eigenvalue weighted by Crippen LogP contribution is 2.22. The lowest BCUT2D eigenvalue weighted by Crippen LogP contribution is -2.48. The van der Waals surface area contributed by atoms with Gasteiger partial charge in [0.25, 0.3) is 5.91 Å². The van der Waals surface area contributed by atoms with Gasteiger partial charge in [0, 0.05) is 42.0 Å². The van der Waals surface area contributed by atoms with Crippen LogP contribution in [0.3, 0.4) is 0 Å². The Labute approximate surface area is 145 Å². The number of amides is 1. The second-order valence-electron chi connectivity index (χ2n) is 5.85. The molecule has 1 fully saturated rings. The summed E-state index contributed by atoms with van der Waals surface area (Å²) in [7, 11) is 0. The van der Waals surface area contributed by atoms with Gasteiger partial charge < -0.3 is 15.5 Å². The van der Waals surface area contributed by atoms with Gasteiger partial charge in [0.05, 0.1) is 5.56 Å². The second kappa shape index (κ2) is 6.62. The fourth-order valence-corrected chi connectivity index (χ4v) is 3.27. The van der Waals surface area contributed by atoms with Crippen molar-refractivity contribution in [2.24, 2.45) is 0 Å².